The van der Waals surface area contributed by atoms with E-state index in [0.717, 1.165) is 12.1 Å². The van der Waals surface area contributed by atoms with Crippen molar-refractivity contribution in [3.05, 3.63) is 45.8 Å². The summed E-state index contributed by atoms with van der Waals surface area (Å²) in [6.07, 6.45) is 2.07. The highest BCUT2D eigenvalue weighted by molar-refractivity contribution is 14.0. The molecule has 0 bridgehead atoms. The van der Waals surface area contributed by atoms with E-state index >= 15 is 0 Å². The lowest BCUT2D eigenvalue weighted by Gasteiger charge is -2.11. The Morgan fingerprint density at radius 2 is 2.04 bits per heavy atom. The number of guanidine groups is 1. The number of pyridine rings is 1. The monoisotopic (exact) mass is 473 g/mol. The predicted molar refractivity (Wildman–Crippen MR) is 115 cm³/mol. The number of halogens is 1. The van der Waals surface area contributed by atoms with Crippen molar-refractivity contribution in [2.75, 3.05) is 18.9 Å². The SMILES string of the molecule is CN=C(NCCC(=O)Nc1ccc(C)cn1)NCc1sccc1C.I. The first-order valence-corrected chi connectivity index (χ1v) is 8.66. The number of aliphatic imine (C=N–C) groups is 1. The first-order chi connectivity index (χ1) is 11.6. The molecule has 0 saturated carbocycles. The molecular formula is C17H24IN5OS. The Morgan fingerprint density at radius 1 is 1.24 bits per heavy atom. The van der Waals surface area contributed by atoms with Crippen LogP contribution in [0.1, 0.15) is 22.4 Å². The molecule has 0 fully saturated rings. The zero-order chi connectivity index (χ0) is 17.4. The highest BCUT2D eigenvalue weighted by Crippen LogP contribution is 2.14. The quantitative estimate of drug-likeness (QED) is 0.343. The fraction of sp³-hybridized carbons (Fsp3) is 0.353. The van der Waals surface area contributed by atoms with Gasteiger partial charge in [0.1, 0.15) is 5.82 Å². The number of nitrogens with zero attached hydrogens (tertiary/aromatic N) is 2. The van der Waals surface area contributed by atoms with Gasteiger partial charge in [0, 0.05) is 31.1 Å². The number of hydrogen-bond donors (Lipinski definition) is 3. The molecular weight excluding hydrogens is 449 g/mol. The molecule has 0 spiro atoms. The third kappa shape index (κ3) is 7.39. The molecule has 0 saturated heterocycles. The Balaban J connectivity index is 0.00000312. The number of nitrogens with one attached hydrogen (secondary N) is 3. The summed E-state index contributed by atoms with van der Waals surface area (Å²) >= 11 is 1.72. The third-order valence-electron chi connectivity index (χ3n) is 3.43. The molecule has 2 aromatic rings. The van der Waals surface area contributed by atoms with E-state index in [-0.39, 0.29) is 29.9 Å². The van der Waals surface area contributed by atoms with Gasteiger partial charge in [-0.2, -0.15) is 0 Å². The predicted octanol–water partition coefficient (Wildman–Crippen LogP) is 3.07. The molecule has 0 aliphatic rings. The molecule has 2 heterocycles. The number of amides is 1. The van der Waals surface area contributed by atoms with E-state index in [1.54, 1.807) is 30.6 Å². The lowest BCUT2D eigenvalue weighted by molar-refractivity contribution is -0.116. The van der Waals surface area contributed by atoms with Crippen LogP contribution in [0.2, 0.25) is 0 Å². The molecule has 0 aliphatic carbocycles. The minimum absolute atomic E-state index is 0. The molecule has 6 nitrogen and oxygen atoms in total. The zero-order valence-corrected chi connectivity index (χ0v) is 17.8. The van der Waals surface area contributed by atoms with Crippen LogP contribution in [-0.4, -0.2) is 30.4 Å². The zero-order valence-electron chi connectivity index (χ0n) is 14.6. The molecule has 0 radical (unpaired) electrons. The minimum Gasteiger partial charge on any atom is -0.356 e. The van der Waals surface area contributed by atoms with Gasteiger partial charge in [-0.05, 0) is 42.5 Å². The average Bonchev–Trinajstić information content (AvgIpc) is 2.98. The van der Waals surface area contributed by atoms with Crippen molar-refractivity contribution in [3.8, 4) is 0 Å². The molecule has 2 aromatic heterocycles. The molecule has 3 N–H and O–H groups in total. The topological polar surface area (TPSA) is 78.4 Å². The summed E-state index contributed by atoms with van der Waals surface area (Å²) in [5.41, 5.74) is 2.33. The molecule has 0 atom stereocenters. The van der Waals surface area contributed by atoms with Crippen LogP contribution in [0.3, 0.4) is 0 Å². The van der Waals surface area contributed by atoms with Gasteiger partial charge in [0.05, 0.1) is 6.54 Å². The van der Waals surface area contributed by atoms with Gasteiger partial charge >= 0.3 is 0 Å². The second kappa shape index (κ2) is 11.0. The van der Waals surface area contributed by atoms with E-state index in [9.17, 15) is 4.79 Å². The highest BCUT2D eigenvalue weighted by Gasteiger charge is 2.05. The van der Waals surface area contributed by atoms with Crippen LogP contribution >= 0.6 is 35.3 Å². The summed E-state index contributed by atoms with van der Waals surface area (Å²) in [5, 5.41) is 11.2. The van der Waals surface area contributed by atoms with E-state index in [1.165, 1.54) is 10.4 Å². The van der Waals surface area contributed by atoms with Crippen molar-refractivity contribution >= 4 is 53.0 Å². The molecule has 8 heteroatoms. The molecule has 0 unspecified atom stereocenters. The van der Waals surface area contributed by atoms with E-state index in [1.807, 2.05) is 13.0 Å². The Hall–Kier alpha value is -1.68. The minimum atomic E-state index is -0.0802. The van der Waals surface area contributed by atoms with Crippen LogP contribution in [0, 0.1) is 13.8 Å². The maximum absolute atomic E-state index is 11.9. The van der Waals surface area contributed by atoms with Crippen molar-refractivity contribution in [1.29, 1.82) is 0 Å². The second-order valence-electron chi connectivity index (χ2n) is 5.40. The number of rotatable bonds is 6. The molecule has 25 heavy (non-hydrogen) atoms. The fourth-order valence-electron chi connectivity index (χ4n) is 2.01. The summed E-state index contributed by atoms with van der Waals surface area (Å²) < 4.78 is 0. The van der Waals surface area contributed by atoms with Crippen LogP contribution in [-0.2, 0) is 11.3 Å². The van der Waals surface area contributed by atoms with E-state index < -0.39 is 0 Å². The van der Waals surface area contributed by atoms with Crippen molar-refractivity contribution in [2.24, 2.45) is 4.99 Å². The number of hydrogen-bond acceptors (Lipinski definition) is 4. The summed E-state index contributed by atoms with van der Waals surface area (Å²) in [4.78, 5) is 21.5. The lowest BCUT2D eigenvalue weighted by Crippen LogP contribution is -2.38. The third-order valence-corrected chi connectivity index (χ3v) is 4.45. The number of thiophene rings is 1. The molecule has 0 aromatic carbocycles. The Kier molecular flexibility index (Phi) is 9.43. The standard InChI is InChI=1S/C17H23N5OS.HI/c1-12-4-5-15(20-10-12)22-16(23)6-8-19-17(18-3)21-11-14-13(2)7-9-24-14;/h4-5,7,9-10H,6,8,11H2,1-3H3,(H2,18,19,21)(H,20,22,23);1H. The summed E-state index contributed by atoms with van der Waals surface area (Å²) in [6, 6.07) is 5.81. The van der Waals surface area contributed by atoms with E-state index in [0.29, 0.717) is 24.7 Å². The normalized spacial score (nSPS) is 10.8. The van der Waals surface area contributed by atoms with Gasteiger partial charge in [0.15, 0.2) is 5.96 Å². The summed E-state index contributed by atoms with van der Waals surface area (Å²) in [6.45, 7) is 5.27. The van der Waals surface area contributed by atoms with Crippen LogP contribution in [0.4, 0.5) is 5.82 Å². The fourth-order valence-corrected chi connectivity index (χ4v) is 2.86. The highest BCUT2D eigenvalue weighted by atomic mass is 127. The maximum Gasteiger partial charge on any atom is 0.227 e. The lowest BCUT2D eigenvalue weighted by atomic mass is 10.3. The van der Waals surface area contributed by atoms with Gasteiger partial charge in [-0.1, -0.05) is 6.07 Å². The van der Waals surface area contributed by atoms with Gasteiger partial charge < -0.3 is 16.0 Å². The Morgan fingerprint density at radius 3 is 2.64 bits per heavy atom. The van der Waals surface area contributed by atoms with Gasteiger partial charge in [-0.15, -0.1) is 35.3 Å². The summed E-state index contributed by atoms with van der Waals surface area (Å²) in [5.74, 6) is 1.17. The van der Waals surface area contributed by atoms with Gasteiger partial charge in [-0.25, -0.2) is 4.98 Å². The van der Waals surface area contributed by atoms with Crippen LogP contribution in [0.25, 0.3) is 0 Å². The van der Waals surface area contributed by atoms with Crippen LogP contribution in [0.15, 0.2) is 34.8 Å². The molecule has 0 aliphatic heterocycles. The first-order valence-electron chi connectivity index (χ1n) is 7.78. The Labute approximate surface area is 169 Å². The van der Waals surface area contributed by atoms with Crippen LogP contribution < -0.4 is 16.0 Å². The number of aromatic nitrogens is 1. The Bertz CT molecular complexity index is 699. The van der Waals surface area contributed by atoms with Crippen molar-refractivity contribution in [2.45, 2.75) is 26.8 Å². The van der Waals surface area contributed by atoms with Gasteiger partial charge in [0.2, 0.25) is 5.91 Å². The number of carbonyl (C=O) groups excluding carboxylic acids is 1. The average molecular weight is 473 g/mol. The van der Waals surface area contributed by atoms with Crippen LogP contribution in [0.5, 0.6) is 0 Å². The number of carbonyl (C=O) groups is 1. The maximum atomic E-state index is 11.9. The molecule has 136 valence electrons. The first kappa shape index (κ1) is 21.4. The van der Waals surface area contributed by atoms with Crippen molar-refractivity contribution in [1.82, 2.24) is 15.6 Å². The molecule has 1 amide bonds. The number of aryl methyl sites for hydroxylation is 2. The number of anilines is 1. The largest absolute Gasteiger partial charge is 0.356 e. The second-order valence-corrected chi connectivity index (χ2v) is 6.40. The molecule has 2 rings (SSSR count). The van der Waals surface area contributed by atoms with E-state index in [2.05, 4.69) is 44.3 Å². The van der Waals surface area contributed by atoms with Gasteiger partial charge in [-0.3, -0.25) is 9.79 Å². The van der Waals surface area contributed by atoms with Gasteiger partial charge in [0.25, 0.3) is 0 Å². The van der Waals surface area contributed by atoms with Crippen molar-refractivity contribution in [3.63, 3.8) is 0 Å². The smallest absolute Gasteiger partial charge is 0.227 e. The van der Waals surface area contributed by atoms with Crippen molar-refractivity contribution < 1.29 is 4.79 Å². The van der Waals surface area contributed by atoms with E-state index in [4.69, 9.17) is 0 Å². The summed E-state index contributed by atoms with van der Waals surface area (Å²) in [7, 11) is 1.72.